The highest BCUT2D eigenvalue weighted by atomic mass is 16.5. The van der Waals surface area contributed by atoms with E-state index in [4.69, 9.17) is 4.74 Å². The van der Waals surface area contributed by atoms with Gasteiger partial charge >= 0.3 is 11.9 Å². The molecule has 4 aromatic carbocycles. The zero-order valence-corrected chi connectivity index (χ0v) is 23.6. The molecule has 9 heteroatoms. The lowest BCUT2D eigenvalue weighted by Crippen LogP contribution is -2.41. The Morgan fingerprint density at radius 2 is 1.18 bits per heavy atom. The Morgan fingerprint density at radius 1 is 0.682 bits per heavy atom. The molecule has 1 aliphatic heterocycles. The normalized spacial score (nSPS) is 20.8. The van der Waals surface area contributed by atoms with E-state index in [9.17, 15) is 24.0 Å². The molecule has 4 aromatic rings. The van der Waals surface area contributed by atoms with Crippen LogP contribution >= 0.6 is 0 Å². The summed E-state index contributed by atoms with van der Waals surface area (Å²) in [7, 11) is 1.27. The Morgan fingerprint density at radius 3 is 1.70 bits per heavy atom. The van der Waals surface area contributed by atoms with Gasteiger partial charge in [0.25, 0.3) is 5.91 Å². The summed E-state index contributed by atoms with van der Waals surface area (Å²) < 4.78 is 9.98. The highest BCUT2D eigenvalue weighted by molar-refractivity contribution is 6.25. The number of carbonyl (C=O) groups is 5. The molecule has 0 unspecified atom stereocenters. The average Bonchev–Trinajstić information content (AvgIpc) is 3.33. The van der Waals surface area contributed by atoms with E-state index in [0.717, 1.165) is 27.2 Å². The molecule has 0 saturated carbocycles. The van der Waals surface area contributed by atoms with Gasteiger partial charge in [-0.15, -0.1) is 0 Å². The predicted molar refractivity (Wildman–Crippen MR) is 159 cm³/mol. The van der Waals surface area contributed by atoms with Crippen LogP contribution in [0.4, 0.5) is 11.4 Å². The van der Waals surface area contributed by atoms with E-state index in [1.165, 1.54) is 37.4 Å². The molecule has 2 bridgehead atoms. The largest absolute Gasteiger partial charge is 0.465 e. The molecule has 0 aromatic heterocycles. The Kier molecular flexibility index (Phi) is 6.58. The second-order valence-corrected chi connectivity index (χ2v) is 11.0. The number of methoxy groups -OCH3 is 1. The van der Waals surface area contributed by atoms with Crippen molar-refractivity contribution in [2.24, 2.45) is 11.8 Å². The Labute approximate surface area is 252 Å². The summed E-state index contributed by atoms with van der Waals surface area (Å²) in [6.45, 7) is -0.603. The summed E-state index contributed by atoms with van der Waals surface area (Å²) in [6.07, 6.45) is 0. The molecule has 4 aliphatic rings. The fourth-order valence-corrected chi connectivity index (χ4v) is 6.97. The van der Waals surface area contributed by atoms with Crippen LogP contribution in [0.3, 0.4) is 0 Å². The van der Waals surface area contributed by atoms with Gasteiger partial charge in [0, 0.05) is 17.5 Å². The molecule has 3 aliphatic carbocycles. The van der Waals surface area contributed by atoms with Gasteiger partial charge in [0.1, 0.15) is 0 Å². The summed E-state index contributed by atoms with van der Waals surface area (Å²) in [4.78, 5) is 66.8. The van der Waals surface area contributed by atoms with E-state index in [1.807, 2.05) is 48.5 Å². The van der Waals surface area contributed by atoms with Gasteiger partial charge < -0.3 is 14.8 Å². The molecule has 1 fully saturated rings. The van der Waals surface area contributed by atoms with Gasteiger partial charge in [-0.25, -0.2) is 14.5 Å². The summed E-state index contributed by atoms with van der Waals surface area (Å²) in [6, 6.07) is 28.3. The van der Waals surface area contributed by atoms with Crippen LogP contribution < -0.4 is 10.2 Å². The number of amides is 3. The zero-order valence-electron chi connectivity index (χ0n) is 23.6. The first-order chi connectivity index (χ1) is 21.4. The minimum absolute atomic E-state index is 0.00505. The fraction of sp³-hybridized carbons (Fsp3) is 0.171. The van der Waals surface area contributed by atoms with Crippen molar-refractivity contribution in [2.45, 2.75) is 11.8 Å². The number of benzene rings is 4. The molecule has 3 amide bonds. The summed E-state index contributed by atoms with van der Waals surface area (Å²) in [5.74, 6) is -4.41. The maximum atomic E-state index is 14.1. The van der Waals surface area contributed by atoms with Crippen molar-refractivity contribution < 1.29 is 33.4 Å². The molecule has 44 heavy (non-hydrogen) atoms. The van der Waals surface area contributed by atoms with E-state index in [-0.39, 0.29) is 34.9 Å². The Hall–Kier alpha value is -5.57. The van der Waals surface area contributed by atoms with Crippen LogP contribution in [-0.4, -0.2) is 43.4 Å². The molecule has 0 spiro atoms. The number of nitrogens with zero attached hydrogens (tertiary/aromatic N) is 1. The van der Waals surface area contributed by atoms with E-state index in [1.54, 1.807) is 18.2 Å². The number of rotatable bonds is 6. The number of carbonyl (C=O) groups excluding carboxylic acids is 5. The molecule has 8 rings (SSSR count). The minimum atomic E-state index is -0.846. The Bertz CT molecular complexity index is 1750. The van der Waals surface area contributed by atoms with E-state index in [2.05, 4.69) is 10.1 Å². The third-order valence-electron chi connectivity index (χ3n) is 8.74. The number of para-hydroxylation sites is 1. The predicted octanol–water partition coefficient (Wildman–Crippen LogP) is 4.67. The standard InChI is InChI=1S/C35H26N2O7/c1-43-34(41)19-14-16-20(17-15-19)36-27(38)18-44-35(42)25-12-6-7-13-26(25)37-32(39)30-28-21-8-2-3-9-22(21)29(31(30)33(37)40)24-11-5-4-10-23(24)28/h2-17,28-31H,18H2,1H3,(H,36,38)/t28?,29?,30-,31+. The van der Waals surface area contributed by atoms with Crippen molar-refractivity contribution in [3.63, 3.8) is 0 Å². The van der Waals surface area contributed by atoms with Crippen molar-refractivity contribution in [1.82, 2.24) is 0 Å². The maximum absolute atomic E-state index is 14.1. The maximum Gasteiger partial charge on any atom is 0.340 e. The number of nitrogens with one attached hydrogen (secondary N) is 1. The first-order valence-corrected chi connectivity index (χ1v) is 14.2. The molecule has 2 atom stereocenters. The van der Waals surface area contributed by atoms with Gasteiger partial charge in [0.15, 0.2) is 6.61 Å². The minimum Gasteiger partial charge on any atom is -0.465 e. The lowest BCUT2D eigenvalue weighted by molar-refractivity contribution is -0.122. The summed E-state index contributed by atoms with van der Waals surface area (Å²) in [5.41, 5.74) is 5.07. The van der Waals surface area contributed by atoms with E-state index < -0.39 is 36.3 Å². The first-order valence-electron chi connectivity index (χ1n) is 14.2. The second kappa shape index (κ2) is 10.6. The van der Waals surface area contributed by atoms with Crippen LogP contribution in [0.2, 0.25) is 0 Å². The second-order valence-electron chi connectivity index (χ2n) is 11.0. The topological polar surface area (TPSA) is 119 Å². The zero-order chi connectivity index (χ0) is 30.5. The van der Waals surface area contributed by atoms with Crippen LogP contribution in [0, 0.1) is 11.8 Å². The molecular weight excluding hydrogens is 560 g/mol. The number of imide groups is 1. The van der Waals surface area contributed by atoms with E-state index >= 15 is 0 Å². The molecule has 1 N–H and O–H groups in total. The molecule has 218 valence electrons. The van der Waals surface area contributed by atoms with Crippen LogP contribution in [0.15, 0.2) is 97.1 Å². The number of hydrogen-bond donors (Lipinski definition) is 1. The van der Waals surface area contributed by atoms with Gasteiger partial charge in [-0.3, -0.25) is 14.4 Å². The molecular formula is C35H26N2O7. The molecule has 1 saturated heterocycles. The van der Waals surface area contributed by atoms with Crippen LogP contribution in [0.5, 0.6) is 0 Å². The molecule has 1 heterocycles. The molecule has 9 nitrogen and oxygen atoms in total. The van der Waals surface area contributed by atoms with Crippen molar-refractivity contribution >= 4 is 41.0 Å². The van der Waals surface area contributed by atoms with Crippen LogP contribution in [-0.2, 0) is 23.9 Å². The van der Waals surface area contributed by atoms with Gasteiger partial charge in [-0.2, -0.15) is 0 Å². The number of ether oxygens (including phenoxy) is 2. The third-order valence-corrected chi connectivity index (χ3v) is 8.74. The summed E-state index contributed by atoms with van der Waals surface area (Å²) >= 11 is 0. The number of hydrogen-bond acceptors (Lipinski definition) is 7. The first kappa shape index (κ1) is 27.3. The van der Waals surface area contributed by atoms with Crippen molar-refractivity contribution in [3.8, 4) is 0 Å². The van der Waals surface area contributed by atoms with Crippen LogP contribution in [0.25, 0.3) is 0 Å². The quantitative estimate of drug-likeness (QED) is 0.258. The van der Waals surface area contributed by atoms with Gasteiger partial charge in [-0.05, 0) is 58.7 Å². The number of anilines is 2. The number of esters is 2. The lowest BCUT2D eigenvalue weighted by Gasteiger charge is -2.45. The molecule has 0 radical (unpaired) electrons. The lowest BCUT2D eigenvalue weighted by atomic mass is 9.55. The van der Waals surface area contributed by atoms with Crippen molar-refractivity contribution in [1.29, 1.82) is 0 Å². The van der Waals surface area contributed by atoms with Crippen molar-refractivity contribution in [3.05, 3.63) is 130 Å². The van der Waals surface area contributed by atoms with Gasteiger partial charge in [0.05, 0.1) is 35.8 Å². The van der Waals surface area contributed by atoms with Gasteiger partial charge in [-0.1, -0.05) is 60.7 Å². The highest BCUT2D eigenvalue weighted by Crippen LogP contribution is 2.61. The third kappa shape index (κ3) is 4.19. The van der Waals surface area contributed by atoms with Gasteiger partial charge in [0.2, 0.25) is 11.8 Å². The average molecular weight is 587 g/mol. The fourth-order valence-electron chi connectivity index (χ4n) is 6.97. The smallest absolute Gasteiger partial charge is 0.340 e. The van der Waals surface area contributed by atoms with Crippen LogP contribution in [0.1, 0.15) is 54.8 Å². The van der Waals surface area contributed by atoms with Crippen molar-refractivity contribution in [2.75, 3.05) is 23.9 Å². The SMILES string of the molecule is COC(=O)c1ccc(NC(=O)COC(=O)c2ccccc2N2C(=O)[C@@H]3C4c5ccccc5C(c5ccccc54)[C@@H]3C2=O)cc1. The monoisotopic (exact) mass is 586 g/mol. The Balaban J connectivity index is 1.12. The summed E-state index contributed by atoms with van der Waals surface area (Å²) in [5, 5.41) is 2.60. The highest BCUT2D eigenvalue weighted by Gasteiger charge is 2.62. The van der Waals surface area contributed by atoms with E-state index in [0.29, 0.717) is 11.3 Å².